The molecule has 0 amide bonds. The Balaban J connectivity index is 2.28. The number of hydrogen-bond donors (Lipinski definition) is 1. The van der Waals surface area contributed by atoms with Gasteiger partial charge in [-0.1, -0.05) is 70.2 Å². The molecule has 0 saturated carbocycles. The van der Waals surface area contributed by atoms with Crippen LogP contribution in [0.3, 0.4) is 0 Å². The molecular weight excluding hydrogens is 254 g/mol. The molecule has 2 aromatic carbocycles. The van der Waals surface area contributed by atoms with E-state index in [1.54, 1.807) is 0 Å². The number of hydrogen-bond acceptors (Lipinski definition) is 1. The smallest absolute Gasteiger partial charge is 0.0291 e. The van der Waals surface area contributed by atoms with Crippen LogP contribution in [0.5, 0.6) is 0 Å². The van der Waals surface area contributed by atoms with E-state index in [0.717, 1.165) is 6.54 Å². The van der Waals surface area contributed by atoms with Crippen molar-refractivity contribution in [3.63, 3.8) is 0 Å². The Morgan fingerprint density at radius 2 is 1.62 bits per heavy atom. The highest BCUT2D eigenvalue weighted by Gasteiger charge is 2.13. The second-order valence-corrected chi connectivity index (χ2v) is 6.73. The summed E-state index contributed by atoms with van der Waals surface area (Å²) in [4.78, 5) is 0. The minimum Gasteiger partial charge on any atom is -0.310 e. The van der Waals surface area contributed by atoms with E-state index in [1.165, 1.54) is 22.3 Å². The molecule has 1 N–H and O–H groups in total. The quantitative estimate of drug-likeness (QED) is 0.799. The first-order valence-electron chi connectivity index (χ1n) is 7.86. The van der Waals surface area contributed by atoms with Gasteiger partial charge in [0.2, 0.25) is 0 Å². The lowest BCUT2D eigenvalue weighted by atomic mass is 9.86. The average molecular weight is 281 g/mol. The van der Waals surface area contributed by atoms with Gasteiger partial charge < -0.3 is 5.32 Å². The summed E-state index contributed by atoms with van der Waals surface area (Å²) in [5.41, 5.74) is 5.50. The first-order valence-corrected chi connectivity index (χ1v) is 7.86. The second kappa shape index (κ2) is 6.44. The summed E-state index contributed by atoms with van der Waals surface area (Å²) >= 11 is 0. The molecule has 0 aromatic heterocycles. The number of rotatable bonds is 4. The largest absolute Gasteiger partial charge is 0.310 e. The average Bonchev–Trinajstić information content (AvgIpc) is 2.47. The van der Waals surface area contributed by atoms with Gasteiger partial charge in [-0.2, -0.15) is 0 Å². The summed E-state index contributed by atoms with van der Waals surface area (Å²) in [6, 6.07) is 18.2. The van der Waals surface area contributed by atoms with E-state index in [9.17, 15) is 0 Å². The third kappa shape index (κ3) is 3.95. The third-order valence-corrected chi connectivity index (χ3v) is 3.98. The van der Waals surface area contributed by atoms with Crippen molar-refractivity contribution in [2.45, 2.75) is 46.1 Å². The van der Waals surface area contributed by atoms with Crippen LogP contribution in [0.2, 0.25) is 0 Å². The third-order valence-electron chi connectivity index (χ3n) is 3.98. The highest BCUT2D eigenvalue weighted by atomic mass is 14.9. The molecule has 2 aromatic rings. The van der Waals surface area contributed by atoms with Gasteiger partial charge in [0.25, 0.3) is 0 Å². The van der Waals surface area contributed by atoms with Gasteiger partial charge in [0.15, 0.2) is 0 Å². The Bertz CT molecular complexity index is 576. The van der Waals surface area contributed by atoms with Gasteiger partial charge in [-0.05, 0) is 47.2 Å². The van der Waals surface area contributed by atoms with Crippen molar-refractivity contribution in [1.29, 1.82) is 0 Å². The summed E-state index contributed by atoms with van der Waals surface area (Å²) in [5.74, 6) is 0. The van der Waals surface area contributed by atoms with Crippen LogP contribution in [-0.4, -0.2) is 6.54 Å². The van der Waals surface area contributed by atoms with Gasteiger partial charge in [-0.25, -0.2) is 0 Å². The highest BCUT2D eigenvalue weighted by Crippen LogP contribution is 2.27. The molecule has 21 heavy (non-hydrogen) atoms. The standard InChI is InChI=1S/C20H27N/c1-6-21-15(2)17-8-7-9-18(14-17)16-10-12-19(13-11-16)20(3,4)5/h7-15,21H,6H2,1-5H3. The van der Waals surface area contributed by atoms with E-state index in [-0.39, 0.29) is 5.41 Å². The molecule has 0 aliphatic rings. The monoisotopic (exact) mass is 281 g/mol. The van der Waals surface area contributed by atoms with E-state index >= 15 is 0 Å². The van der Waals surface area contributed by atoms with Crippen molar-refractivity contribution in [3.8, 4) is 11.1 Å². The van der Waals surface area contributed by atoms with Gasteiger partial charge in [-0.15, -0.1) is 0 Å². The molecule has 0 heterocycles. The van der Waals surface area contributed by atoms with Crippen molar-refractivity contribution in [3.05, 3.63) is 59.7 Å². The summed E-state index contributed by atoms with van der Waals surface area (Å²) in [6.45, 7) is 12.1. The predicted octanol–water partition coefficient (Wildman–Crippen LogP) is 5.32. The van der Waals surface area contributed by atoms with E-state index in [1.807, 2.05) is 0 Å². The number of nitrogens with one attached hydrogen (secondary N) is 1. The molecule has 0 bridgehead atoms. The van der Waals surface area contributed by atoms with Crippen LogP contribution in [0.1, 0.15) is 51.8 Å². The summed E-state index contributed by atoms with van der Waals surface area (Å²) < 4.78 is 0. The van der Waals surface area contributed by atoms with Crippen molar-refractivity contribution >= 4 is 0 Å². The van der Waals surface area contributed by atoms with Crippen LogP contribution in [0.25, 0.3) is 11.1 Å². The molecule has 1 nitrogen and oxygen atoms in total. The molecule has 0 aliphatic heterocycles. The summed E-state index contributed by atoms with van der Waals surface area (Å²) in [6.07, 6.45) is 0. The van der Waals surface area contributed by atoms with E-state index in [0.29, 0.717) is 6.04 Å². The van der Waals surface area contributed by atoms with Crippen molar-refractivity contribution in [2.24, 2.45) is 0 Å². The Morgan fingerprint density at radius 3 is 2.19 bits per heavy atom. The molecule has 2 rings (SSSR count). The van der Waals surface area contributed by atoms with Crippen LogP contribution in [0.4, 0.5) is 0 Å². The molecule has 0 fully saturated rings. The zero-order chi connectivity index (χ0) is 15.5. The van der Waals surface area contributed by atoms with Crippen LogP contribution in [0, 0.1) is 0 Å². The molecule has 0 saturated heterocycles. The zero-order valence-corrected chi connectivity index (χ0v) is 13.9. The highest BCUT2D eigenvalue weighted by molar-refractivity contribution is 5.64. The van der Waals surface area contributed by atoms with Gasteiger partial charge in [0.05, 0.1) is 0 Å². The topological polar surface area (TPSA) is 12.0 Å². The Hall–Kier alpha value is -1.60. The molecule has 0 radical (unpaired) electrons. The molecular formula is C20H27N. The fourth-order valence-corrected chi connectivity index (χ4v) is 2.57. The summed E-state index contributed by atoms with van der Waals surface area (Å²) in [7, 11) is 0. The first kappa shape index (κ1) is 15.8. The second-order valence-electron chi connectivity index (χ2n) is 6.73. The molecule has 0 aliphatic carbocycles. The molecule has 112 valence electrons. The van der Waals surface area contributed by atoms with E-state index < -0.39 is 0 Å². The Kier molecular flexibility index (Phi) is 4.84. The van der Waals surface area contributed by atoms with Crippen LogP contribution in [0.15, 0.2) is 48.5 Å². The van der Waals surface area contributed by atoms with Gasteiger partial charge in [-0.3, -0.25) is 0 Å². The Labute approximate surface area is 129 Å². The van der Waals surface area contributed by atoms with E-state index in [4.69, 9.17) is 0 Å². The predicted molar refractivity (Wildman–Crippen MR) is 92.7 cm³/mol. The molecule has 0 spiro atoms. The molecule has 1 heteroatoms. The molecule has 1 atom stereocenters. The lowest BCUT2D eigenvalue weighted by Crippen LogP contribution is -2.17. The van der Waals surface area contributed by atoms with Gasteiger partial charge in [0.1, 0.15) is 0 Å². The Morgan fingerprint density at radius 1 is 0.952 bits per heavy atom. The van der Waals surface area contributed by atoms with E-state index in [2.05, 4.69) is 88.5 Å². The minimum atomic E-state index is 0.208. The zero-order valence-electron chi connectivity index (χ0n) is 13.9. The normalized spacial score (nSPS) is 13.2. The lowest BCUT2D eigenvalue weighted by Gasteiger charge is -2.19. The summed E-state index contributed by atoms with van der Waals surface area (Å²) in [5, 5.41) is 3.47. The maximum Gasteiger partial charge on any atom is 0.0291 e. The SMILES string of the molecule is CCNC(C)c1cccc(-c2ccc(C(C)(C)C)cc2)c1. The number of benzene rings is 2. The van der Waals surface area contributed by atoms with Crippen LogP contribution in [-0.2, 0) is 5.41 Å². The maximum absolute atomic E-state index is 3.47. The van der Waals surface area contributed by atoms with Crippen molar-refractivity contribution in [2.75, 3.05) is 6.54 Å². The molecule has 1 unspecified atom stereocenters. The fourth-order valence-electron chi connectivity index (χ4n) is 2.57. The maximum atomic E-state index is 3.47. The van der Waals surface area contributed by atoms with Crippen LogP contribution >= 0.6 is 0 Å². The van der Waals surface area contributed by atoms with Gasteiger partial charge in [0, 0.05) is 6.04 Å². The first-order chi connectivity index (χ1) is 9.91. The van der Waals surface area contributed by atoms with Crippen LogP contribution < -0.4 is 5.32 Å². The van der Waals surface area contributed by atoms with Crippen molar-refractivity contribution < 1.29 is 0 Å². The van der Waals surface area contributed by atoms with Crippen molar-refractivity contribution in [1.82, 2.24) is 5.32 Å². The van der Waals surface area contributed by atoms with Gasteiger partial charge >= 0.3 is 0 Å². The fraction of sp³-hybridized carbons (Fsp3) is 0.400. The lowest BCUT2D eigenvalue weighted by molar-refractivity contribution is 0.590. The minimum absolute atomic E-state index is 0.208.